The highest BCUT2D eigenvalue weighted by Crippen LogP contribution is 2.24. The zero-order valence-electron chi connectivity index (χ0n) is 9.83. The van der Waals surface area contributed by atoms with E-state index < -0.39 is 18.6 Å². The molecular formula is C9H16F3IN4O. The number of carbonyl (C=O) groups is 1. The van der Waals surface area contributed by atoms with Gasteiger partial charge in [0.15, 0.2) is 5.96 Å². The van der Waals surface area contributed by atoms with Crippen LogP contribution in [0.2, 0.25) is 0 Å². The van der Waals surface area contributed by atoms with Gasteiger partial charge in [-0.2, -0.15) is 13.2 Å². The molecule has 0 heterocycles. The number of rotatable bonds is 4. The second-order valence-corrected chi connectivity index (χ2v) is 3.91. The predicted octanol–water partition coefficient (Wildman–Crippen LogP) is 0.692. The Hall–Kier alpha value is -0.740. The number of nitrogens with one attached hydrogen (secondary N) is 1. The highest BCUT2D eigenvalue weighted by atomic mass is 127. The molecule has 1 saturated carbocycles. The summed E-state index contributed by atoms with van der Waals surface area (Å²) < 4.78 is 35.3. The van der Waals surface area contributed by atoms with Crippen molar-refractivity contribution in [2.24, 2.45) is 10.7 Å². The molecule has 0 radical (unpaired) electrons. The van der Waals surface area contributed by atoms with Gasteiger partial charge in [0, 0.05) is 13.1 Å². The van der Waals surface area contributed by atoms with Crippen LogP contribution >= 0.6 is 24.0 Å². The van der Waals surface area contributed by atoms with Crippen molar-refractivity contribution >= 4 is 35.8 Å². The molecule has 3 N–H and O–H groups in total. The quantitative estimate of drug-likeness (QED) is 0.429. The van der Waals surface area contributed by atoms with Crippen LogP contribution in [0, 0.1) is 0 Å². The van der Waals surface area contributed by atoms with Gasteiger partial charge >= 0.3 is 6.18 Å². The summed E-state index contributed by atoms with van der Waals surface area (Å²) in [4.78, 5) is 16.5. The Kier molecular flexibility index (Phi) is 6.71. The number of aliphatic imine (C=N–C) groups is 1. The van der Waals surface area contributed by atoms with Crippen LogP contribution in [0.5, 0.6) is 0 Å². The summed E-state index contributed by atoms with van der Waals surface area (Å²) in [6, 6.07) is 0.344. The molecule has 18 heavy (non-hydrogen) atoms. The number of guanidine groups is 1. The van der Waals surface area contributed by atoms with Crippen molar-refractivity contribution in [3.05, 3.63) is 0 Å². The lowest BCUT2D eigenvalue weighted by Gasteiger charge is -2.16. The number of hydrogen-bond donors (Lipinski definition) is 2. The monoisotopic (exact) mass is 380 g/mol. The molecule has 0 aliphatic heterocycles. The lowest BCUT2D eigenvalue weighted by atomic mass is 10.5. The standard InChI is InChI=1S/C9H15F3N4O.HI/c1-16(6-2-3-6)8(13)14-4-7(17)15-5-9(10,11)12;/h6H,2-5H2,1H3,(H2,13,14)(H,15,17);1H. The number of hydrogen-bond acceptors (Lipinski definition) is 2. The molecule has 5 nitrogen and oxygen atoms in total. The number of halogens is 4. The Bertz CT molecular complexity index is 317. The van der Waals surface area contributed by atoms with Crippen LogP contribution in [0.3, 0.4) is 0 Å². The molecular weight excluding hydrogens is 364 g/mol. The van der Waals surface area contributed by atoms with E-state index >= 15 is 0 Å². The number of alkyl halides is 3. The van der Waals surface area contributed by atoms with E-state index in [2.05, 4.69) is 4.99 Å². The normalized spacial score (nSPS) is 15.9. The van der Waals surface area contributed by atoms with Crippen molar-refractivity contribution in [3.63, 3.8) is 0 Å². The third-order valence-corrected chi connectivity index (χ3v) is 2.33. The third-order valence-electron chi connectivity index (χ3n) is 2.33. The average Bonchev–Trinajstić information content (AvgIpc) is 3.04. The fourth-order valence-electron chi connectivity index (χ4n) is 1.17. The third kappa shape index (κ3) is 6.87. The Morgan fingerprint density at radius 3 is 2.50 bits per heavy atom. The van der Waals surface area contributed by atoms with E-state index in [0.29, 0.717) is 6.04 Å². The van der Waals surface area contributed by atoms with E-state index in [-0.39, 0.29) is 36.5 Å². The highest BCUT2D eigenvalue weighted by Gasteiger charge is 2.28. The van der Waals surface area contributed by atoms with Crippen molar-refractivity contribution in [3.8, 4) is 0 Å². The van der Waals surface area contributed by atoms with Gasteiger partial charge in [0.05, 0.1) is 0 Å². The van der Waals surface area contributed by atoms with Crippen molar-refractivity contribution in [1.82, 2.24) is 10.2 Å². The van der Waals surface area contributed by atoms with Crippen LogP contribution in [0.1, 0.15) is 12.8 Å². The Morgan fingerprint density at radius 1 is 1.50 bits per heavy atom. The summed E-state index contributed by atoms with van der Waals surface area (Å²) in [6.07, 6.45) is -2.37. The van der Waals surface area contributed by atoms with Gasteiger partial charge in [-0.15, -0.1) is 24.0 Å². The molecule has 0 aromatic carbocycles. The lowest BCUT2D eigenvalue weighted by molar-refractivity contribution is -0.137. The molecule has 1 aliphatic carbocycles. The Morgan fingerprint density at radius 2 is 2.06 bits per heavy atom. The van der Waals surface area contributed by atoms with Crippen molar-refractivity contribution in [1.29, 1.82) is 0 Å². The molecule has 9 heteroatoms. The molecule has 1 amide bonds. The molecule has 1 fully saturated rings. The topological polar surface area (TPSA) is 70.7 Å². The van der Waals surface area contributed by atoms with Gasteiger partial charge in [0.2, 0.25) is 5.91 Å². The zero-order chi connectivity index (χ0) is 13.1. The van der Waals surface area contributed by atoms with Crippen LogP contribution in [0.4, 0.5) is 13.2 Å². The second-order valence-electron chi connectivity index (χ2n) is 3.91. The SMILES string of the molecule is CN(C(N)=NCC(=O)NCC(F)(F)F)C1CC1.I. The van der Waals surface area contributed by atoms with Crippen LogP contribution < -0.4 is 11.1 Å². The van der Waals surface area contributed by atoms with Crippen molar-refractivity contribution < 1.29 is 18.0 Å². The minimum atomic E-state index is -4.41. The van der Waals surface area contributed by atoms with E-state index in [0.717, 1.165) is 12.8 Å². The maximum Gasteiger partial charge on any atom is 0.405 e. The smallest absolute Gasteiger partial charge is 0.370 e. The fraction of sp³-hybridized carbons (Fsp3) is 0.778. The molecule has 0 aromatic rings. The lowest BCUT2D eigenvalue weighted by Crippen LogP contribution is -2.38. The first kappa shape index (κ1) is 17.3. The minimum Gasteiger partial charge on any atom is -0.370 e. The molecule has 1 rings (SSSR count). The molecule has 0 bridgehead atoms. The van der Waals surface area contributed by atoms with Gasteiger partial charge in [-0.05, 0) is 12.8 Å². The molecule has 106 valence electrons. The summed E-state index contributed by atoms with van der Waals surface area (Å²) in [5.41, 5.74) is 5.56. The highest BCUT2D eigenvalue weighted by molar-refractivity contribution is 14.0. The zero-order valence-corrected chi connectivity index (χ0v) is 12.2. The molecule has 1 aliphatic rings. The van der Waals surface area contributed by atoms with E-state index in [1.54, 1.807) is 17.3 Å². The van der Waals surface area contributed by atoms with Crippen LogP contribution in [-0.2, 0) is 4.79 Å². The van der Waals surface area contributed by atoms with Crippen molar-refractivity contribution in [2.45, 2.75) is 25.1 Å². The average molecular weight is 380 g/mol. The van der Waals surface area contributed by atoms with Crippen LogP contribution in [0.15, 0.2) is 4.99 Å². The first-order valence-electron chi connectivity index (χ1n) is 5.16. The van der Waals surface area contributed by atoms with E-state index in [9.17, 15) is 18.0 Å². The summed E-state index contributed by atoms with van der Waals surface area (Å²) in [5.74, 6) is -0.621. The maximum absolute atomic E-state index is 11.8. The van der Waals surface area contributed by atoms with Gasteiger partial charge in [0.1, 0.15) is 13.1 Å². The number of nitrogens with two attached hydrogens (primary N) is 1. The predicted molar refractivity (Wildman–Crippen MR) is 71.8 cm³/mol. The van der Waals surface area contributed by atoms with E-state index in [4.69, 9.17) is 5.73 Å². The van der Waals surface area contributed by atoms with Gasteiger partial charge < -0.3 is 16.0 Å². The summed E-state index contributed by atoms with van der Waals surface area (Å²) in [5, 5.41) is 1.72. The summed E-state index contributed by atoms with van der Waals surface area (Å²) in [6.45, 7) is -1.74. The second kappa shape index (κ2) is 7.00. The van der Waals surface area contributed by atoms with Gasteiger partial charge in [-0.3, -0.25) is 4.79 Å². The first-order valence-corrected chi connectivity index (χ1v) is 5.16. The number of carbonyl (C=O) groups excluding carboxylic acids is 1. The van der Waals surface area contributed by atoms with Gasteiger partial charge in [-0.1, -0.05) is 0 Å². The maximum atomic E-state index is 11.8. The minimum absolute atomic E-state index is 0. The summed E-state index contributed by atoms with van der Waals surface area (Å²) in [7, 11) is 1.74. The van der Waals surface area contributed by atoms with Gasteiger partial charge in [-0.25, -0.2) is 4.99 Å². The number of amides is 1. The molecule has 0 atom stereocenters. The van der Waals surface area contributed by atoms with E-state index in [1.807, 2.05) is 0 Å². The molecule has 0 spiro atoms. The molecule has 0 saturated heterocycles. The summed E-state index contributed by atoms with van der Waals surface area (Å²) >= 11 is 0. The van der Waals surface area contributed by atoms with Crippen molar-refractivity contribution in [2.75, 3.05) is 20.1 Å². The van der Waals surface area contributed by atoms with Crippen LogP contribution in [-0.4, -0.2) is 49.1 Å². The largest absolute Gasteiger partial charge is 0.405 e. The molecule has 0 aromatic heterocycles. The van der Waals surface area contributed by atoms with E-state index in [1.165, 1.54) is 0 Å². The fourth-order valence-corrected chi connectivity index (χ4v) is 1.17. The Balaban J connectivity index is 0.00000289. The number of nitrogens with zero attached hydrogens (tertiary/aromatic N) is 2. The molecule has 0 unspecified atom stereocenters. The van der Waals surface area contributed by atoms with Gasteiger partial charge in [0.25, 0.3) is 0 Å². The van der Waals surface area contributed by atoms with Crippen LogP contribution in [0.25, 0.3) is 0 Å². The first-order chi connectivity index (χ1) is 7.79. The Labute approximate surface area is 120 Å².